The first-order chi connectivity index (χ1) is 9.80. The normalized spacial score (nSPS) is 24.6. The van der Waals surface area contributed by atoms with Gasteiger partial charge < -0.3 is 5.32 Å². The van der Waals surface area contributed by atoms with Crippen molar-refractivity contribution in [3.05, 3.63) is 33.9 Å². The highest BCUT2D eigenvalue weighted by molar-refractivity contribution is 5.55. The molecule has 1 aliphatic rings. The van der Waals surface area contributed by atoms with Crippen LogP contribution in [0.3, 0.4) is 0 Å². The van der Waals surface area contributed by atoms with Gasteiger partial charge >= 0.3 is 0 Å². The van der Waals surface area contributed by atoms with Crippen LogP contribution in [0.25, 0.3) is 0 Å². The van der Waals surface area contributed by atoms with Crippen LogP contribution in [-0.2, 0) is 6.42 Å². The quantitative estimate of drug-likeness (QED) is 0.641. The fourth-order valence-electron chi connectivity index (χ4n) is 3.81. The van der Waals surface area contributed by atoms with E-state index in [4.69, 9.17) is 0 Å². The van der Waals surface area contributed by atoms with E-state index in [1.165, 1.54) is 6.42 Å². The van der Waals surface area contributed by atoms with E-state index in [1.54, 1.807) is 6.07 Å². The Labute approximate surface area is 127 Å². The zero-order valence-corrected chi connectivity index (χ0v) is 13.5. The molecule has 0 bridgehead atoms. The summed E-state index contributed by atoms with van der Waals surface area (Å²) in [4.78, 5) is 10.9. The maximum atomic E-state index is 11.2. The third-order valence-electron chi connectivity index (χ3n) is 4.42. The Hall–Kier alpha value is -1.58. The van der Waals surface area contributed by atoms with Crippen LogP contribution >= 0.6 is 0 Å². The van der Waals surface area contributed by atoms with E-state index >= 15 is 0 Å². The summed E-state index contributed by atoms with van der Waals surface area (Å²) >= 11 is 0. The molecule has 1 fully saturated rings. The molecule has 2 unspecified atom stereocenters. The predicted molar refractivity (Wildman–Crippen MR) is 86.7 cm³/mol. The van der Waals surface area contributed by atoms with Crippen LogP contribution in [0.5, 0.6) is 0 Å². The monoisotopic (exact) mass is 290 g/mol. The Balaban J connectivity index is 2.16. The number of nitrogens with zero attached hydrogens (tertiary/aromatic N) is 1. The molecule has 1 saturated carbocycles. The van der Waals surface area contributed by atoms with Crippen molar-refractivity contribution in [1.82, 2.24) is 0 Å². The number of anilines is 1. The molecule has 0 amide bonds. The van der Waals surface area contributed by atoms with Crippen LogP contribution < -0.4 is 5.32 Å². The number of rotatable bonds is 4. The maximum Gasteiger partial charge on any atom is 0.274 e. The van der Waals surface area contributed by atoms with E-state index in [1.807, 2.05) is 19.1 Å². The average Bonchev–Trinajstić information content (AvgIpc) is 2.36. The third-order valence-corrected chi connectivity index (χ3v) is 4.42. The molecule has 2 atom stereocenters. The summed E-state index contributed by atoms with van der Waals surface area (Å²) in [5, 5.41) is 14.7. The van der Waals surface area contributed by atoms with Gasteiger partial charge in [-0.2, -0.15) is 0 Å². The maximum absolute atomic E-state index is 11.2. The van der Waals surface area contributed by atoms with Gasteiger partial charge in [0.2, 0.25) is 0 Å². The lowest BCUT2D eigenvalue weighted by Crippen LogP contribution is -2.35. The molecule has 0 aromatic heterocycles. The van der Waals surface area contributed by atoms with Gasteiger partial charge in [0.1, 0.15) is 0 Å². The van der Waals surface area contributed by atoms with Crippen LogP contribution in [0.2, 0.25) is 0 Å². The van der Waals surface area contributed by atoms with Gasteiger partial charge in [-0.25, -0.2) is 0 Å². The van der Waals surface area contributed by atoms with Crippen molar-refractivity contribution >= 4 is 11.4 Å². The minimum Gasteiger partial charge on any atom is -0.382 e. The Morgan fingerprint density at radius 3 is 2.67 bits per heavy atom. The molecular weight excluding hydrogens is 264 g/mol. The second kappa shape index (κ2) is 6.04. The van der Waals surface area contributed by atoms with Crippen molar-refractivity contribution in [3.63, 3.8) is 0 Å². The zero-order chi connectivity index (χ0) is 15.6. The van der Waals surface area contributed by atoms with Crippen LogP contribution in [-0.4, -0.2) is 11.0 Å². The number of nitrogens with one attached hydrogen (secondary N) is 1. The number of benzene rings is 1. The van der Waals surface area contributed by atoms with E-state index < -0.39 is 0 Å². The second-order valence-electron chi connectivity index (χ2n) is 7.21. The summed E-state index contributed by atoms with van der Waals surface area (Å²) in [6.45, 7) is 8.85. The highest BCUT2D eigenvalue weighted by Gasteiger charge is 2.32. The molecule has 21 heavy (non-hydrogen) atoms. The molecule has 0 aliphatic heterocycles. The molecule has 0 saturated heterocycles. The molecule has 0 spiro atoms. The highest BCUT2D eigenvalue weighted by Crippen LogP contribution is 2.39. The largest absolute Gasteiger partial charge is 0.382 e. The summed E-state index contributed by atoms with van der Waals surface area (Å²) in [6.07, 6.45) is 4.18. The minimum atomic E-state index is -0.280. The minimum absolute atomic E-state index is 0.227. The number of nitro benzene ring substituents is 1. The molecule has 1 aromatic carbocycles. The Kier molecular flexibility index (Phi) is 4.55. The number of nitro groups is 1. The first-order valence-corrected chi connectivity index (χ1v) is 7.84. The van der Waals surface area contributed by atoms with Gasteiger partial charge in [-0.1, -0.05) is 33.8 Å². The van der Waals surface area contributed by atoms with Crippen molar-refractivity contribution in [3.8, 4) is 0 Å². The van der Waals surface area contributed by atoms with Gasteiger partial charge in [-0.05, 0) is 43.1 Å². The number of aryl methyl sites for hydroxylation is 1. The average molecular weight is 290 g/mol. The zero-order valence-electron chi connectivity index (χ0n) is 13.5. The van der Waals surface area contributed by atoms with Crippen LogP contribution in [0.15, 0.2) is 18.2 Å². The van der Waals surface area contributed by atoms with Crippen LogP contribution in [0.4, 0.5) is 11.4 Å². The lowest BCUT2D eigenvalue weighted by Gasteiger charge is -2.39. The molecule has 4 heteroatoms. The molecule has 2 rings (SSSR count). The molecular formula is C17H26N2O2. The number of hydrogen-bond acceptors (Lipinski definition) is 3. The van der Waals surface area contributed by atoms with Gasteiger partial charge in [-0.3, -0.25) is 10.1 Å². The lowest BCUT2D eigenvalue weighted by molar-refractivity contribution is -0.385. The second-order valence-corrected chi connectivity index (χ2v) is 7.21. The summed E-state index contributed by atoms with van der Waals surface area (Å²) < 4.78 is 0. The molecule has 1 aliphatic carbocycles. The van der Waals surface area contributed by atoms with Crippen molar-refractivity contribution < 1.29 is 4.92 Å². The first kappa shape index (κ1) is 15.8. The highest BCUT2D eigenvalue weighted by atomic mass is 16.6. The molecule has 4 nitrogen and oxygen atoms in total. The topological polar surface area (TPSA) is 55.2 Å². The summed E-state index contributed by atoms with van der Waals surface area (Å²) in [6, 6.07) is 5.93. The van der Waals surface area contributed by atoms with Gasteiger partial charge in [0.25, 0.3) is 5.69 Å². The number of hydrogen-bond donors (Lipinski definition) is 1. The van der Waals surface area contributed by atoms with E-state index in [2.05, 4.69) is 26.1 Å². The van der Waals surface area contributed by atoms with Gasteiger partial charge in [0.15, 0.2) is 0 Å². The lowest BCUT2D eigenvalue weighted by atomic mass is 9.70. The molecule has 1 aromatic rings. The van der Waals surface area contributed by atoms with Crippen molar-refractivity contribution in [2.75, 3.05) is 5.32 Å². The van der Waals surface area contributed by atoms with E-state index in [-0.39, 0.29) is 10.6 Å². The van der Waals surface area contributed by atoms with Gasteiger partial charge in [0, 0.05) is 23.4 Å². The van der Waals surface area contributed by atoms with E-state index in [0.29, 0.717) is 23.8 Å². The molecule has 1 N–H and O–H groups in total. The summed E-state index contributed by atoms with van der Waals surface area (Å²) in [7, 11) is 0. The van der Waals surface area contributed by atoms with Crippen molar-refractivity contribution in [2.45, 2.75) is 59.4 Å². The first-order valence-electron chi connectivity index (χ1n) is 7.84. The van der Waals surface area contributed by atoms with Crippen LogP contribution in [0, 0.1) is 21.4 Å². The Bertz CT molecular complexity index is 526. The van der Waals surface area contributed by atoms with E-state index in [9.17, 15) is 10.1 Å². The van der Waals surface area contributed by atoms with Crippen LogP contribution in [0.1, 0.15) is 52.5 Å². The fourth-order valence-corrected chi connectivity index (χ4v) is 3.81. The SMILES string of the molecule is CCc1ccc(NC2CC(C)CC(C)(C)C2)cc1[N+](=O)[O-]. The summed E-state index contributed by atoms with van der Waals surface area (Å²) in [5.41, 5.74) is 2.23. The summed E-state index contributed by atoms with van der Waals surface area (Å²) in [5.74, 6) is 0.691. The Morgan fingerprint density at radius 1 is 1.38 bits per heavy atom. The standard InChI is InChI=1S/C17H26N2O2/c1-5-13-6-7-14(9-16(13)19(20)21)18-15-8-12(2)10-17(3,4)11-15/h6-7,9,12,15,18H,5,8,10-11H2,1-4H3. The fraction of sp³-hybridized carbons (Fsp3) is 0.647. The van der Waals surface area contributed by atoms with Gasteiger partial charge in [0.05, 0.1) is 4.92 Å². The molecule has 116 valence electrons. The van der Waals surface area contributed by atoms with Gasteiger partial charge in [-0.15, -0.1) is 0 Å². The van der Waals surface area contributed by atoms with Crippen molar-refractivity contribution in [1.29, 1.82) is 0 Å². The molecule has 0 radical (unpaired) electrons. The smallest absolute Gasteiger partial charge is 0.274 e. The third kappa shape index (κ3) is 3.96. The predicted octanol–water partition coefficient (Wildman–Crippen LogP) is 4.78. The van der Waals surface area contributed by atoms with Crippen molar-refractivity contribution in [2.24, 2.45) is 11.3 Å². The van der Waals surface area contributed by atoms with E-state index in [0.717, 1.165) is 24.1 Å². The molecule has 0 heterocycles. The Morgan fingerprint density at radius 2 is 2.10 bits per heavy atom.